The van der Waals surface area contributed by atoms with Crippen molar-refractivity contribution in [3.63, 3.8) is 0 Å². The molecule has 0 aliphatic rings. The molecule has 1 aromatic heterocycles. The summed E-state index contributed by atoms with van der Waals surface area (Å²) in [5.74, 6) is -0.463. The van der Waals surface area contributed by atoms with Crippen LogP contribution in [0.3, 0.4) is 0 Å². The van der Waals surface area contributed by atoms with E-state index >= 15 is 0 Å². The number of anilines is 1. The number of nitrogens with two attached hydrogens (primary N) is 1. The van der Waals surface area contributed by atoms with Gasteiger partial charge in [0.15, 0.2) is 5.82 Å². The molecule has 0 aliphatic carbocycles. The fraction of sp³-hybridized carbons (Fsp3) is 0.200. The molecule has 0 spiro atoms. The lowest BCUT2D eigenvalue weighted by molar-refractivity contribution is 0.372. The molecule has 2 aromatic rings. The summed E-state index contributed by atoms with van der Waals surface area (Å²) in [4.78, 5) is 3.28. The Morgan fingerprint density at radius 3 is 2.80 bits per heavy atom. The summed E-state index contributed by atoms with van der Waals surface area (Å²) in [6.45, 7) is 1.36. The van der Waals surface area contributed by atoms with Gasteiger partial charge in [-0.15, -0.1) is 0 Å². The molecule has 0 amide bonds. The smallest absolute Gasteiger partial charge is 0.244 e. The molecule has 20 heavy (non-hydrogen) atoms. The van der Waals surface area contributed by atoms with Crippen molar-refractivity contribution in [1.29, 1.82) is 0 Å². The Hall–Kier alpha value is -1.52. The first-order valence-electron chi connectivity index (χ1n) is 5.33. The van der Waals surface area contributed by atoms with E-state index in [2.05, 4.69) is 30.8 Å². The van der Waals surface area contributed by atoms with E-state index in [4.69, 9.17) is 10.3 Å². The van der Waals surface area contributed by atoms with Crippen LogP contribution in [0.5, 0.6) is 0 Å². The number of sulfonamides is 1. The maximum Gasteiger partial charge on any atom is 0.244 e. The molecular formula is C10H10BrFN4O3S. The Kier molecular flexibility index (Phi) is 4.06. The molecule has 0 fully saturated rings. The topological polar surface area (TPSA) is 111 Å². The van der Waals surface area contributed by atoms with E-state index < -0.39 is 20.7 Å². The highest BCUT2D eigenvalue weighted by atomic mass is 79.9. The van der Waals surface area contributed by atoms with Crippen molar-refractivity contribution in [1.82, 2.24) is 14.9 Å². The van der Waals surface area contributed by atoms with Gasteiger partial charge in [0.1, 0.15) is 10.7 Å². The van der Waals surface area contributed by atoms with E-state index in [0.717, 1.165) is 12.1 Å². The lowest BCUT2D eigenvalue weighted by Crippen LogP contribution is -2.24. The SMILES string of the molecule is Cc1noc(CNS(=O)(=O)c2cc(N)c(Br)cc2F)n1. The summed E-state index contributed by atoms with van der Waals surface area (Å²) in [6, 6.07) is 2.02. The van der Waals surface area contributed by atoms with Gasteiger partial charge in [-0.1, -0.05) is 5.16 Å². The van der Waals surface area contributed by atoms with Crippen LogP contribution in [0.15, 0.2) is 26.0 Å². The second-order valence-corrected chi connectivity index (χ2v) is 6.45. The summed E-state index contributed by atoms with van der Waals surface area (Å²) >= 11 is 3.01. The van der Waals surface area contributed by atoms with E-state index in [-0.39, 0.29) is 22.6 Å². The zero-order chi connectivity index (χ0) is 14.9. The Bertz CT molecular complexity index is 747. The Morgan fingerprint density at radius 2 is 2.20 bits per heavy atom. The van der Waals surface area contributed by atoms with Crippen LogP contribution in [0.4, 0.5) is 10.1 Å². The van der Waals surface area contributed by atoms with Crippen LogP contribution in [0.2, 0.25) is 0 Å². The molecular weight excluding hydrogens is 355 g/mol. The van der Waals surface area contributed by atoms with Crippen molar-refractivity contribution in [2.45, 2.75) is 18.4 Å². The minimum absolute atomic E-state index is 0.0802. The predicted octanol–water partition coefficient (Wildman–Crippen LogP) is 1.34. The van der Waals surface area contributed by atoms with Gasteiger partial charge < -0.3 is 10.3 Å². The Labute approximate surface area is 122 Å². The van der Waals surface area contributed by atoms with Crippen LogP contribution in [0.1, 0.15) is 11.7 Å². The molecule has 3 N–H and O–H groups in total. The molecule has 0 radical (unpaired) electrons. The van der Waals surface area contributed by atoms with Crippen molar-refractivity contribution >= 4 is 31.6 Å². The van der Waals surface area contributed by atoms with Gasteiger partial charge in [-0.05, 0) is 35.0 Å². The van der Waals surface area contributed by atoms with Gasteiger partial charge in [-0.25, -0.2) is 17.5 Å². The van der Waals surface area contributed by atoms with Crippen molar-refractivity contribution in [2.75, 3.05) is 5.73 Å². The average Bonchev–Trinajstić information content (AvgIpc) is 2.77. The highest BCUT2D eigenvalue weighted by Gasteiger charge is 2.21. The highest BCUT2D eigenvalue weighted by molar-refractivity contribution is 9.10. The minimum Gasteiger partial charge on any atom is -0.398 e. The van der Waals surface area contributed by atoms with E-state index in [0.29, 0.717) is 5.82 Å². The highest BCUT2D eigenvalue weighted by Crippen LogP contribution is 2.26. The van der Waals surface area contributed by atoms with Gasteiger partial charge in [-0.3, -0.25) is 0 Å². The Balaban J connectivity index is 2.24. The Morgan fingerprint density at radius 1 is 1.50 bits per heavy atom. The molecule has 0 saturated carbocycles. The second kappa shape index (κ2) is 5.46. The number of hydrogen-bond donors (Lipinski definition) is 2. The zero-order valence-electron chi connectivity index (χ0n) is 10.2. The van der Waals surface area contributed by atoms with E-state index in [9.17, 15) is 12.8 Å². The number of benzene rings is 1. The number of aryl methyl sites for hydroxylation is 1. The van der Waals surface area contributed by atoms with Gasteiger partial charge in [0.2, 0.25) is 15.9 Å². The normalized spacial score (nSPS) is 11.8. The third kappa shape index (κ3) is 3.14. The quantitative estimate of drug-likeness (QED) is 0.791. The number of nitrogen functional groups attached to an aromatic ring is 1. The standard InChI is InChI=1S/C10H10BrFN4O3S/c1-5-15-10(19-16-5)4-14-20(17,18)9-3-8(13)6(11)2-7(9)12/h2-3,14H,4,13H2,1H3. The summed E-state index contributed by atoms with van der Waals surface area (Å²) < 4.78 is 44.9. The average molecular weight is 365 g/mol. The van der Waals surface area contributed by atoms with Crippen LogP contribution in [-0.4, -0.2) is 18.6 Å². The molecule has 1 heterocycles. The van der Waals surface area contributed by atoms with Crippen LogP contribution in [0.25, 0.3) is 0 Å². The second-order valence-electron chi connectivity index (χ2n) is 3.86. The maximum atomic E-state index is 13.7. The van der Waals surface area contributed by atoms with Crippen LogP contribution in [-0.2, 0) is 16.6 Å². The monoisotopic (exact) mass is 364 g/mol. The lowest BCUT2D eigenvalue weighted by Gasteiger charge is -2.08. The van der Waals surface area contributed by atoms with Crippen LogP contribution >= 0.6 is 15.9 Å². The molecule has 10 heteroatoms. The summed E-state index contributed by atoms with van der Waals surface area (Å²) in [6.07, 6.45) is 0. The van der Waals surface area contributed by atoms with Gasteiger partial charge in [0, 0.05) is 10.2 Å². The van der Waals surface area contributed by atoms with Crippen molar-refractivity contribution in [3.8, 4) is 0 Å². The van der Waals surface area contributed by atoms with Crippen LogP contribution in [0, 0.1) is 12.7 Å². The molecule has 7 nitrogen and oxygen atoms in total. The third-order valence-corrected chi connectivity index (χ3v) is 4.43. The molecule has 0 saturated heterocycles. The number of halogens is 2. The summed E-state index contributed by atoms with van der Waals surface area (Å²) in [5, 5.41) is 3.51. The first kappa shape index (κ1) is 14.9. The molecule has 0 aliphatic heterocycles. The number of nitrogens with one attached hydrogen (secondary N) is 1. The summed E-state index contributed by atoms with van der Waals surface area (Å²) in [5.41, 5.74) is 5.66. The number of nitrogens with zero attached hydrogens (tertiary/aromatic N) is 2. The first-order chi connectivity index (χ1) is 9.29. The number of hydrogen-bond acceptors (Lipinski definition) is 6. The van der Waals surface area contributed by atoms with Gasteiger partial charge >= 0.3 is 0 Å². The van der Waals surface area contributed by atoms with Gasteiger partial charge in [0.05, 0.1) is 6.54 Å². The van der Waals surface area contributed by atoms with Gasteiger partial charge in [-0.2, -0.15) is 4.98 Å². The van der Waals surface area contributed by atoms with Crippen molar-refractivity contribution in [3.05, 3.63) is 34.1 Å². The molecule has 1 aromatic carbocycles. The van der Waals surface area contributed by atoms with Crippen molar-refractivity contribution in [2.24, 2.45) is 0 Å². The summed E-state index contributed by atoms with van der Waals surface area (Å²) in [7, 11) is -4.07. The van der Waals surface area contributed by atoms with Crippen LogP contribution < -0.4 is 10.5 Å². The number of aromatic nitrogens is 2. The molecule has 0 atom stereocenters. The zero-order valence-corrected chi connectivity index (χ0v) is 12.6. The fourth-order valence-corrected chi connectivity index (χ4v) is 2.78. The predicted molar refractivity (Wildman–Crippen MR) is 71.6 cm³/mol. The van der Waals surface area contributed by atoms with Gasteiger partial charge in [0.25, 0.3) is 0 Å². The number of rotatable bonds is 4. The molecule has 108 valence electrons. The van der Waals surface area contributed by atoms with E-state index in [1.54, 1.807) is 6.92 Å². The molecule has 0 bridgehead atoms. The minimum atomic E-state index is -4.07. The largest absolute Gasteiger partial charge is 0.398 e. The fourth-order valence-electron chi connectivity index (χ4n) is 1.40. The lowest BCUT2D eigenvalue weighted by atomic mass is 10.3. The van der Waals surface area contributed by atoms with E-state index in [1.165, 1.54) is 0 Å². The van der Waals surface area contributed by atoms with Crippen molar-refractivity contribution < 1.29 is 17.3 Å². The molecule has 2 rings (SSSR count). The maximum absolute atomic E-state index is 13.7. The third-order valence-electron chi connectivity index (χ3n) is 2.32. The first-order valence-corrected chi connectivity index (χ1v) is 7.60. The van der Waals surface area contributed by atoms with E-state index in [1.807, 2.05) is 0 Å². The molecule has 0 unspecified atom stereocenters.